The van der Waals surface area contributed by atoms with E-state index in [0.717, 1.165) is 5.56 Å². The van der Waals surface area contributed by atoms with Gasteiger partial charge in [0.1, 0.15) is 5.75 Å². The van der Waals surface area contributed by atoms with Crippen LogP contribution in [-0.2, 0) is 16.0 Å². The van der Waals surface area contributed by atoms with Crippen LogP contribution in [0.15, 0.2) is 48.5 Å². The Morgan fingerprint density at radius 3 is 2.48 bits per heavy atom. The fourth-order valence-electron chi connectivity index (χ4n) is 1.86. The van der Waals surface area contributed by atoms with Gasteiger partial charge in [0, 0.05) is 0 Å². The Morgan fingerprint density at radius 1 is 1.14 bits per heavy atom. The first-order chi connectivity index (χ1) is 10.1. The number of rotatable bonds is 4. The second-order valence-corrected chi connectivity index (χ2v) is 4.43. The molecule has 5 heteroatoms. The van der Waals surface area contributed by atoms with Crippen molar-refractivity contribution < 1.29 is 19.4 Å². The van der Waals surface area contributed by atoms with E-state index in [2.05, 4.69) is 10.1 Å². The number of aromatic hydroxyl groups is 1. The molecule has 0 bridgehead atoms. The molecule has 2 aromatic rings. The van der Waals surface area contributed by atoms with Crippen LogP contribution < -0.4 is 5.32 Å². The minimum atomic E-state index is -0.549. The number of benzene rings is 2. The minimum Gasteiger partial charge on any atom is -0.506 e. The van der Waals surface area contributed by atoms with Gasteiger partial charge in [-0.3, -0.25) is 4.79 Å². The Morgan fingerprint density at radius 2 is 1.86 bits per heavy atom. The summed E-state index contributed by atoms with van der Waals surface area (Å²) >= 11 is 0. The van der Waals surface area contributed by atoms with E-state index in [1.54, 1.807) is 0 Å². The third kappa shape index (κ3) is 3.82. The SMILES string of the molecule is COC(=O)c1ccc(NC(=O)Cc2ccccc2)c(O)c1. The van der Waals surface area contributed by atoms with Gasteiger partial charge in [0.05, 0.1) is 24.8 Å². The maximum absolute atomic E-state index is 11.9. The predicted octanol–water partition coefficient (Wildman–Crippen LogP) is 2.36. The Hall–Kier alpha value is -2.82. The summed E-state index contributed by atoms with van der Waals surface area (Å²) < 4.78 is 4.55. The van der Waals surface area contributed by atoms with E-state index >= 15 is 0 Å². The second-order valence-electron chi connectivity index (χ2n) is 4.43. The highest BCUT2D eigenvalue weighted by Crippen LogP contribution is 2.24. The Balaban J connectivity index is 2.06. The topological polar surface area (TPSA) is 75.6 Å². The fourth-order valence-corrected chi connectivity index (χ4v) is 1.86. The number of ether oxygens (including phenoxy) is 1. The molecular weight excluding hydrogens is 270 g/mol. The number of nitrogens with one attached hydrogen (secondary N) is 1. The lowest BCUT2D eigenvalue weighted by molar-refractivity contribution is -0.115. The molecule has 0 unspecified atom stereocenters. The van der Waals surface area contributed by atoms with Gasteiger partial charge < -0.3 is 15.2 Å². The Bertz CT molecular complexity index is 653. The summed E-state index contributed by atoms with van der Waals surface area (Å²) in [4.78, 5) is 23.2. The smallest absolute Gasteiger partial charge is 0.337 e. The van der Waals surface area contributed by atoms with Crippen LogP contribution in [0.3, 0.4) is 0 Å². The number of methoxy groups -OCH3 is 1. The van der Waals surface area contributed by atoms with Gasteiger partial charge in [-0.05, 0) is 23.8 Å². The lowest BCUT2D eigenvalue weighted by Gasteiger charge is -2.08. The summed E-state index contributed by atoms with van der Waals surface area (Å²) in [5, 5.41) is 12.4. The van der Waals surface area contributed by atoms with Crippen LogP contribution in [0.2, 0.25) is 0 Å². The molecule has 0 aliphatic carbocycles. The monoisotopic (exact) mass is 285 g/mol. The van der Waals surface area contributed by atoms with Crippen LogP contribution in [0.4, 0.5) is 5.69 Å². The van der Waals surface area contributed by atoms with Crippen LogP contribution >= 0.6 is 0 Å². The Labute approximate surface area is 122 Å². The summed E-state index contributed by atoms with van der Waals surface area (Å²) in [6, 6.07) is 13.5. The fraction of sp³-hybridized carbons (Fsp3) is 0.125. The molecule has 0 atom stereocenters. The van der Waals surface area contributed by atoms with Crippen molar-refractivity contribution in [3.63, 3.8) is 0 Å². The second kappa shape index (κ2) is 6.56. The summed E-state index contributed by atoms with van der Waals surface area (Å²) in [5.74, 6) is -0.978. The van der Waals surface area contributed by atoms with E-state index in [1.807, 2.05) is 30.3 Å². The highest BCUT2D eigenvalue weighted by atomic mass is 16.5. The summed E-state index contributed by atoms with van der Waals surface area (Å²) in [6.45, 7) is 0. The molecule has 0 saturated carbocycles. The molecule has 5 nitrogen and oxygen atoms in total. The molecule has 1 amide bonds. The van der Waals surface area contributed by atoms with E-state index in [1.165, 1.54) is 25.3 Å². The summed E-state index contributed by atoms with van der Waals surface area (Å²) in [6.07, 6.45) is 0.207. The molecular formula is C16H15NO4. The van der Waals surface area contributed by atoms with Crippen LogP contribution in [-0.4, -0.2) is 24.1 Å². The molecule has 0 aromatic heterocycles. The molecule has 0 radical (unpaired) electrons. The summed E-state index contributed by atoms with van der Waals surface area (Å²) in [7, 11) is 1.26. The molecule has 2 aromatic carbocycles. The normalized spacial score (nSPS) is 9.95. The van der Waals surface area contributed by atoms with Gasteiger partial charge >= 0.3 is 5.97 Å². The van der Waals surface area contributed by atoms with Gasteiger partial charge in [-0.15, -0.1) is 0 Å². The lowest BCUT2D eigenvalue weighted by atomic mass is 10.1. The number of amides is 1. The van der Waals surface area contributed by atoms with Gasteiger partial charge in [-0.1, -0.05) is 30.3 Å². The van der Waals surface area contributed by atoms with E-state index in [-0.39, 0.29) is 29.3 Å². The van der Waals surface area contributed by atoms with Gasteiger partial charge in [-0.2, -0.15) is 0 Å². The number of esters is 1. The molecule has 0 aliphatic rings. The maximum Gasteiger partial charge on any atom is 0.337 e. The molecule has 2 rings (SSSR count). The number of hydrogen-bond acceptors (Lipinski definition) is 4. The molecule has 0 spiro atoms. The zero-order valence-corrected chi connectivity index (χ0v) is 11.5. The van der Waals surface area contributed by atoms with Crippen molar-refractivity contribution in [1.82, 2.24) is 0 Å². The molecule has 108 valence electrons. The zero-order valence-electron chi connectivity index (χ0n) is 11.5. The quantitative estimate of drug-likeness (QED) is 0.668. The van der Waals surface area contributed by atoms with Crippen LogP contribution in [0.1, 0.15) is 15.9 Å². The largest absolute Gasteiger partial charge is 0.506 e. The average Bonchev–Trinajstić information content (AvgIpc) is 2.49. The number of hydrogen-bond donors (Lipinski definition) is 2. The Kier molecular flexibility index (Phi) is 4.56. The first kappa shape index (κ1) is 14.6. The zero-order chi connectivity index (χ0) is 15.2. The van der Waals surface area contributed by atoms with Crippen molar-refractivity contribution in [2.24, 2.45) is 0 Å². The molecule has 2 N–H and O–H groups in total. The third-order valence-electron chi connectivity index (χ3n) is 2.90. The summed E-state index contributed by atoms with van der Waals surface area (Å²) in [5.41, 5.74) is 1.35. The highest BCUT2D eigenvalue weighted by Gasteiger charge is 2.11. The molecule has 0 aliphatic heterocycles. The highest BCUT2D eigenvalue weighted by molar-refractivity contribution is 5.95. The van der Waals surface area contributed by atoms with Crippen LogP contribution in [0.25, 0.3) is 0 Å². The van der Waals surface area contributed by atoms with Gasteiger partial charge in [-0.25, -0.2) is 4.79 Å². The third-order valence-corrected chi connectivity index (χ3v) is 2.90. The van der Waals surface area contributed by atoms with Crippen molar-refractivity contribution in [3.05, 3.63) is 59.7 Å². The van der Waals surface area contributed by atoms with Crippen molar-refractivity contribution in [3.8, 4) is 5.75 Å². The van der Waals surface area contributed by atoms with E-state index < -0.39 is 5.97 Å². The van der Waals surface area contributed by atoms with Crippen LogP contribution in [0, 0.1) is 0 Å². The van der Waals surface area contributed by atoms with E-state index in [0.29, 0.717) is 0 Å². The van der Waals surface area contributed by atoms with Crippen molar-refractivity contribution in [2.45, 2.75) is 6.42 Å². The maximum atomic E-state index is 11.9. The van der Waals surface area contributed by atoms with Gasteiger partial charge in [0.15, 0.2) is 0 Å². The number of carbonyl (C=O) groups is 2. The molecule has 0 fully saturated rings. The van der Waals surface area contributed by atoms with Crippen molar-refractivity contribution >= 4 is 17.6 Å². The van der Waals surface area contributed by atoms with Crippen molar-refractivity contribution in [1.29, 1.82) is 0 Å². The van der Waals surface area contributed by atoms with Gasteiger partial charge in [0.25, 0.3) is 0 Å². The number of anilines is 1. The molecule has 0 saturated heterocycles. The van der Waals surface area contributed by atoms with E-state index in [9.17, 15) is 14.7 Å². The first-order valence-corrected chi connectivity index (χ1v) is 6.35. The van der Waals surface area contributed by atoms with Crippen LogP contribution in [0.5, 0.6) is 5.75 Å². The standard InChI is InChI=1S/C16H15NO4/c1-21-16(20)12-7-8-13(14(18)10-12)17-15(19)9-11-5-3-2-4-6-11/h2-8,10,18H,9H2,1H3,(H,17,19). The molecule has 21 heavy (non-hydrogen) atoms. The van der Waals surface area contributed by atoms with E-state index in [4.69, 9.17) is 0 Å². The number of phenolic OH excluding ortho intramolecular Hbond substituents is 1. The average molecular weight is 285 g/mol. The first-order valence-electron chi connectivity index (χ1n) is 6.35. The minimum absolute atomic E-state index is 0.181. The predicted molar refractivity (Wildman–Crippen MR) is 78.2 cm³/mol. The lowest BCUT2D eigenvalue weighted by Crippen LogP contribution is -2.14. The number of carbonyl (C=O) groups excluding carboxylic acids is 2. The number of phenols is 1. The van der Waals surface area contributed by atoms with Crippen molar-refractivity contribution in [2.75, 3.05) is 12.4 Å². The molecule has 0 heterocycles. The van der Waals surface area contributed by atoms with Gasteiger partial charge in [0.2, 0.25) is 5.91 Å².